The molecule has 0 N–H and O–H groups in total. The molecule has 0 aliphatic heterocycles. The molecule has 0 fully saturated rings. The largest absolute Gasteiger partial charge is 0.204 e. The van der Waals surface area contributed by atoms with E-state index in [1.807, 2.05) is 8.93 Å². The Hall–Kier alpha value is -1.44. The van der Waals surface area contributed by atoms with E-state index in [1.54, 1.807) is 4.37 Å². The standard InChI is InChI=1S/C25H20IP2S/c26-29-25(27(21-13-5-1-6-14-21)22-15-7-2-8-16-22)28(23-17-9-3-10-18-23)24-19-11-4-12-20-24/h1-20H/q+1. The minimum Gasteiger partial charge on any atom is -0.0622 e. The highest BCUT2D eigenvalue weighted by Crippen LogP contribution is 2.50. The van der Waals surface area contributed by atoms with E-state index < -0.39 is 15.5 Å². The van der Waals surface area contributed by atoms with Crippen molar-refractivity contribution >= 4 is 71.2 Å². The molecule has 0 radical (unpaired) electrons. The molecule has 0 saturated heterocycles. The molecule has 0 amide bonds. The summed E-state index contributed by atoms with van der Waals surface area (Å²) in [6.45, 7) is 0. The molecule has 0 aliphatic rings. The Bertz CT molecular complexity index is 988. The molecule has 0 aromatic heterocycles. The number of rotatable bonds is 6. The summed E-state index contributed by atoms with van der Waals surface area (Å²) in [4.78, 5) is 0. The SMILES string of the molecule is ISC(P(c1ccccc1)c1ccccc1)=[P+](c1ccccc1)c1ccccc1. The fourth-order valence-electron chi connectivity index (χ4n) is 3.22. The van der Waals surface area contributed by atoms with Gasteiger partial charge in [-0.05, 0) is 43.8 Å². The van der Waals surface area contributed by atoms with Gasteiger partial charge in [0.2, 0.25) is 4.37 Å². The number of hydrogen-bond donors (Lipinski definition) is 0. The highest BCUT2D eigenvalue weighted by atomic mass is 127. The van der Waals surface area contributed by atoms with Crippen LogP contribution in [0.2, 0.25) is 0 Å². The molecule has 0 nitrogen and oxygen atoms in total. The minimum atomic E-state index is -0.600. The number of hydrogen-bond acceptors (Lipinski definition) is 1. The van der Waals surface area contributed by atoms with Crippen LogP contribution < -0.4 is 21.2 Å². The molecule has 4 rings (SSSR count). The van der Waals surface area contributed by atoms with Gasteiger partial charge in [0.1, 0.15) is 0 Å². The molecule has 0 unspecified atom stereocenters. The van der Waals surface area contributed by atoms with Gasteiger partial charge in [0.05, 0.1) is 0 Å². The predicted molar refractivity (Wildman–Crippen MR) is 145 cm³/mol. The zero-order chi connectivity index (χ0) is 19.9. The molecule has 4 aromatic rings. The molecule has 29 heavy (non-hydrogen) atoms. The summed E-state index contributed by atoms with van der Waals surface area (Å²) in [5.41, 5.74) is 0. The average Bonchev–Trinajstić information content (AvgIpc) is 2.81. The van der Waals surface area contributed by atoms with E-state index in [0.29, 0.717) is 0 Å². The Morgan fingerprint density at radius 1 is 0.552 bits per heavy atom. The Labute approximate surface area is 191 Å². The van der Waals surface area contributed by atoms with Gasteiger partial charge in [-0.1, -0.05) is 97.1 Å². The van der Waals surface area contributed by atoms with Gasteiger partial charge in [0.15, 0.2) is 18.2 Å². The first-order valence-corrected chi connectivity index (χ1v) is 15.4. The smallest absolute Gasteiger partial charge is 0.0622 e. The van der Waals surface area contributed by atoms with Gasteiger partial charge in [-0.15, -0.1) is 0 Å². The van der Waals surface area contributed by atoms with Gasteiger partial charge in [-0.25, -0.2) is 0 Å². The third-order valence-corrected chi connectivity index (χ3v) is 14.9. The number of halogens is 1. The van der Waals surface area contributed by atoms with Crippen LogP contribution in [0.5, 0.6) is 0 Å². The second kappa shape index (κ2) is 10.5. The Morgan fingerprint density at radius 2 is 0.897 bits per heavy atom. The van der Waals surface area contributed by atoms with E-state index in [1.165, 1.54) is 21.2 Å². The first-order valence-electron chi connectivity index (χ1n) is 9.34. The second-order valence-electron chi connectivity index (χ2n) is 6.37. The van der Waals surface area contributed by atoms with Gasteiger partial charge in [0, 0.05) is 29.1 Å². The predicted octanol–water partition coefficient (Wildman–Crippen LogP) is 6.42. The molecule has 0 heterocycles. The summed E-state index contributed by atoms with van der Waals surface area (Å²) < 4.78 is 1.56. The van der Waals surface area contributed by atoms with Crippen LogP contribution in [0, 0.1) is 0 Å². The van der Waals surface area contributed by atoms with E-state index in [0.717, 1.165) is 0 Å². The van der Waals surface area contributed by atoms with Crippen LogP contribution in [-0.2, 0) is 0 Å². The lowest BCUT2D eigenvalue weighted by atomic mass is 10.4. The maximum atomic E-state index is 2.50. The third-order valence-electron chi connectivity index (χ3n) is 4.51. The van der Waals surface area contributed by atoms with E-state index in [4.69, 9.17) is 0 Å². The summed E-state index contributed by atoms with van der Waals surface area (Å²) >= 11 is 2.50. The fraction of sp³-hybridized carbons (Fsp3) is 0. The highest BCUT2D eigenvalue weighted by molar-refractivity contribution is 14.2. The molecule has 0 aliphatic carbocycles. The van der Waals surface area contributed by atoms with Gasteiger partial charge < -0.3 is 0 Å². The van der Waals surface area contributed by atoms with Crippen molar-refractivity contribution in [2.24, 2.45) is 0 Å². The van der Waals surface area contributed by atoms with Gasteiger partial charge in [-0.3, -0.25) is 0 Å². The highest BCUT2D eigenvalue weighted by Gasteiger charge is 2.33. The van der Waals surface area contributed by atoms with Crippen LogP contribution in [0.25, 0.3) is 0 Å². The molecular formula is C25H20IP2S+. The zero-order valence-electron chi connectivity index (χ0n) is 15.7. The van der Waals surface area contributed by atoms with Crippen LogP contribution >= 0.6 is 45.6 Å². The van der Waals surface area contributed by atoms with Crippen LogP contribution in [-0.4, -0.2) is 4.37 Å². The van der Waals surface area contributed by atoms with Gasteiger partial charge >= 0.3 is 0 Å². The molecule has 0 saturated carbocycles. The van der Waals surface area contributed by atoms with Crippen molar-refractivity contribution in [1.29, 1.82) is 0 Å². The summed E-state index contributed by atoms with van der Waals surface area (Å²) in [5.74, 6) is 0. The van der Waals surface area contributed by atoms with Crippen LogP contribution in [0.4, 0.5) is 0 Å². The summed E-state index contributed by atoms with van der Waals surface area (Å²) in [5, 5.41) is 5.64. The normalized spacial score (nSPS) is 10.7. The lowest BCUT2D eigenvalue weighted by molar-refractivity contribution is 1.76. The topological polar surface area (TPSA) is 0 Å². The van der Waals surface area contributed by atoms with Crippen molar-refractivity contribution < 1.29 is 0 Å². The molecule has 0 spiro atoms. The average molecular weight is 541 g/mol. The van der Waals surface area contributed by atoms with E-state index >= 15 is 0 Å². The first kappa shape index (κ1) is 20.8. The lowest BCUT2D eigenvalue weighted by Crippen LogP contribution is -2.19. The Balaban J connectivity index is 2.02. The Kier molecular flexibility index (Phi) is 7.57. The second-order valence-corrected chi connectivity index (χ2v) is 13.5. The minimum absolute atomic E-state index is 0.600. The van der Waals surface area contributed by atoms with Crippen LogP contribution in [0.1, 0.15) is 0 Å². The van der Waals surface area contributed by atoms with Crippen LogP contribution in [0.3, 0.4) is 0 Å². The maximum absolute atomic E-state index is 2.50. The monoisotopic (exact) mass is 541 g/mol. The van der Waals surface area contributed by atoms with Crippen molar-refractivity contribution in [3.05, 3.63) is 121 Å². The molecule has 4 aromatic carbocycles. The lowest BCUT2D eigenvalue weighted by Gasteiger charge is -2.17. The Morgan fingerprint density at radius 3 is 1.24 bits per heavy atom. The third kappa shape index (κ3) is 5.01. The fourth-order valence-corrected chi connectivity index (χ4v) is 14.1. The summed E-state index contributed by atoms with van der Waals surface area (Å²) in [7, 11) is 0.710. The number of benzene rings is 4. The zero-order valence-corrected chi connectivity index (χ0v) is 20.5. The van der Waals surface area contributed by atoms with E-state index in [9.17, 15) is 0 Å². The molecule has 0 bridgehead atoms. The molecule has 4 heteroatoms. The van der Waals surface area contributed by atoms with Gasteiger partial charge in [0.25, 0.3) is 0 Å². The molecule has 0 atom stereocenters. The maximum Gasteiger partial charge on any atom is 0.204 e. The summed E-state index contributed by atoms with van der Waals surface area (Å²) in [6, 6.07) is 44.0. The first-order chi connectivity index (χ1) is 14.4. The van der Waals surface area contributed by atoms with Gasteiger partial charge in [-0.2, -0.15) is 0 Å². The molecular weight excluding hydrogens is 521 g/mol. The van der Waals surface area contributed by atoms with Crippen molar-refractivity contribution in [3.63, 3.8) is 0 Å². The summed E-state index contributed by atoms with van der Waals surface area (Å²) in [6.07, 6.45) is 0. The van der Waals surface area contributed by atoms with Crippen molar-refractivity contribution in [3.8, 4) is 0 Å². The van der Waals surface area contributed by atoms with Crippen LogP contribution in [0.15, 0.2) is 121 Å². The van der Waals surface area contributed by atoms with Crippen molar-refractivity contribution in [1.82, 2.24) is 0 Å². The van der Waals surface area contributed by atoms with E-state index in [-0.39, 0.29) is 0 Å². The quantitative estimate of drug-likeness (QED) is 0.201. The van der Waals surface area contributed by atoms with Crippen molar-refractivity contribution in [2.45, 2.75) is 0 Å². The van der Waals surface area contributed by atoms with E-state index in [2.05, 4.69) is 143 Å². The van der Waals surface area contributed by atoms with Crippen molar-refractivity contribution in [2.75, 3.05) is 0 Å². The molecule has 142 valence electrons.